The van der Waals surface area contributed by atoms with Gasteiger partial charge in [0.25, 0.3) is 5.91 Å². The van der Waals surface area contributed by atoms with E-state index in [9.17, 15) is 9.18 Å². The van der Waals surface area contributed by atoms with Crippen LogP contribution in [-0.2, 0) is 0 Å². The summed E-state index contributed by atoms with van der Waals surface area (Å²) in [4.78, 5) is 14.9. The molecule has 1 atom stereocenters. The number of amides is 1. The number of nitrogens with one attached hydrogen (secondary N) is 1. The molecule has 1 heterocycles. The molecule has 0 aliphatic rings. The first-order valence-corrected chi connectivity index (χ1v) is 7.74. The van der Waals surface area contributed by atoms with Crippen molar-refractivity contribution < 1.29 is 9.18 Å². The van der Waals surface area contributed by atoms with Gasteiger partial charge in [-0.3, -0.25) is 4.79 Å². The molecule has 2 aromatic rings. The highest BCUT2D eigenvalue weighted by Gasteiger charge is 2.19. The zero-order chi connectivity index (χ0) is 16.1. The van der Waals surface area contributed by atoms with Crippen molar-refractivity contribution >= 4 is 17.4 Å². The third-order valence-corrected chi connectivity index (χ3v) is 4.13. The number of aromatic nitrogens is 2. The molecule has 2 rings (SSSR count). The van der Waals surface area contributed by atoms with Crippen molar-refractivity contribution in [3.05, 3.63) is 46.2 Å². The maximum atomic E-state index is 13.1. The fourth-order valence-corrected chi connectivity index (χ4v) is 2.63. The molecule has 0 spiro atoms. The van der Waals surface area contributed by atoms with Gasteiger partial charge in [-0.1, -0.05) is 16.6 Å². The topological polar surface area (TPSA) is 58.1 Å². The number of nitrogens with zero attached hydrogens (tertiary/aromatic N) is 3. The van der Waals surface area contributed by atoms with Crippen LogP contribution in [0.25, 0.3) is 0 Å². The average Bonchev–Trinajstić information content (AvgIpc) is 2.90. The number of carbonyl (C=O) groups excluding carboxylic acids is 1. The van der Waals surface area contributed by atoms with Gasteiger partial charge in [-0.25, -0.2) is 4.39 Å². The fraction of sp³-hybridized carbons (Fsp3) is 0.400. The molecule has 1 aromatic carbocycles. The van der Waals surface area contributed by atoms with Gasteiger partial charge in [0.1, 0.15) is 10.7 Å². The van der Waals surface area contributed by atoms with Crippen LogP contribution in [0.3, 0.4) is 0 Å². The number of halogens is 1. The Morgan fingerprint density at radius 1 is 1.36 bits per heavy atom. The van der Waals surface area contributed by atoms with Crippen LogP contribution >= 0.6 is 11.5 Å². The van der Waals surface area contributed by atoms with Crippen molar-refractivity contribution in [2.45, 2.75) is 19.4 Å². The number of hydrogen-bond donors (Lipinski definition) is 1. The maximum absolute atomic E-state index is 13.1. The summed E-state index contributed by atoms with van der Waals surface area (Å²) >= 11 is 1.08. The number of benzene rings is 1. The third-order valence-electron chi connectivity index (χ3n) is 3.30. The van der Waals surface area contributed by atoms with Crippen LogP contribution in [0.4, 0.5) is 4.39 Å². The van der Waals surface area contributed by atoms with E-state index < -0.39 is 0 Å². The smallest absolute Gasteiger partial charge is 0.265 e. The Bertz CT molecular complexity index is 627. The molecule has 0 bridgehead atoms. The van der Waals surface area contributed by atoms with Gasteiger partial charge in [-0.15, -0.1) is 5.10 Å². The molecule has 0 aliphatic heterocycles. The molecule has 1 unspecified atom stereocenters. The number of aryl methyl sites for hydroxylation is 1. The van der Waals surface area contributed by atoms with E-state index in [4.69, 9.17) is 0 Å². The van der Waals surface area contributed by atoms with Crippen molar-refractivity contribution in [3.8, 4) is 0 Å². The third kappa shape index (κ3) is 4.32. The van der Waals surface area contributed by atoms with Crippen LogP contribution in [-0.4, -0.2) is 41.0 Å². The lowest BCUT2D eigenvalue weighted by Gasteiger charge is -2.21. The lowest BCUT2D eigenvalue weighted by Crippen LogP contribution is -2.31. The Morgan fingerprint density at radius 3 is 2.59 bits per heavy atom. The molecule has 0 fully saturated rings. The summed E-state index contributed by atoms with van der Waals surface area (Å²) in [6, 6.07) is 6.03. The largest absolute Gasteiger partial charge is 0.344 e. The molecule has 1 aromatic heterocycles. The Kier molecular flexibility index (Phi) is 5.57. The Balaban J connectivity index is 2.15. The van der Waals surface area contributed by atoms with E-state index in [0.29, 0.717) is 10.6 Å². The van der Waals surface area contributed by atoms with Gasteiger partial charge in [0.05, 0.1) is 11.7 Å². The summed E-state index contributed by atoms with van der Waals surface area (Å²) in [6.45, 7) is 2.56. The summed E-state index contributed by atoms with van der Waals surface area (Å²) in [7, 11) is 3.95. The molecule has 1 amide bonds. The highest BCUT2D eigenvalue weighted by molar-refractivity contribution is 7.08. The maximum Gasteiger partial charge on any atom is 0.265 e. The Labute approximate surface area is 133 Å². The normalized spacial score (nSPS) is 12.4. The van der Waals surface area contributed by atoms with Crippen molar-refractivity contribution in [2.75, 3.05) is 20.6 Å². The van der Waals surface area contributed by atoms with Gasteiger partial charge in [-0.05, 0) is 63.2 Å². The zero-order valence-electron chi connectivity index (χ0n) is 12.8. The van der Waals surface area contributed by atoms with Crippen LogP contribution in [0.15, 0.2) is 24.3 Å². The van der Waals surface area contributed by atoms with Crippen LogP contribution in [0, 0.1) is 12.7 Å². The molecule has 118 valence electrons. The monoisotopic (exact) mass is 322 g/mol. The molecule has 5 nitrogen and oxygen atoms in total. The molecule has 0 radical (unpaired) electrons. The van der Waals surface area contributed by atoms with Crippen LogP contribution < -0.4 is 5.32 Å². The molecule has 0 saturated heterocycles. The van der Waals surface area contributed by atoms with Gasteiger partial charge in [0.2, 0.25) is 0 Å². The molecular formula is C15H19FN4OS. The predicted octanol–water partition coefficient (Wildman–Crippen LogP) is 2.41. The minimum absolute atomic E-state index is 0.183. The minimum Gasteiger partial charge on any atom is -0.344 e. The molecule has 22 heavy (non-hydrogen) atoms. The summed E-state index contributed by atoms with van der Waals surface area (Å²) in [5.74, 6) is -0.482. The van der Waals surface area contributed by atoms with E-state index >= 15 is 0 Å². The van der Waals surface area contributed by atoms with Gasteiger partial charge in [0, 0.05) is 0 Å². The first kappa shape index (κ1) is 16.5. The first-order chi connectivity index (χ1) is 10.5. The second-order valence-corrected chi connectivity index (χ2v) is 6.11. The minimum atomic E-state index is -0.288. The Hall–Kier alpha value is -1.86. The highest BCUT2D eigenvalue weighted by atomic mass is 32.1. The summed E-state index contributed by atoms with van der Waals surface area (Å²) in [6.07, 6.45) is 0.732. The standard InChI is InChI=1S/C15H19FN4OS/c1-10-14(22-19-18-10)15(21)17-13(8-9-20(2)3)11-4-6-12(16)7-5-11/h4-7,13H,8-9H2,1-3H3,(H,17,21). The summed E-state index contributed by atoms with van der Waals surface area (Å²) in [5.41, 5.74) is 1.50. The number of carbonyl (C=O) groups is 1. The van der Waals surface area contributed by atoms with E-state index in [1.807, 2.05) is 19.0 Å². The number of rotatable bonds is 6. The van der Waals surface area contributed by atoms with Gasteiger partial charge in [-0.2, -0.15) is 0 Å². The quantitative estimate of drug-likeness (QED) is 0.887. The summed E-state index contributed by atoms with van der Waals surface area (Å²) < 4.78 is 16.9. The van der Waals surface area contributed by atoms with Crippen molar-refractivity contribution in [1.29, 1.82) is 0 Å². The van der Waals surface area contributed by atoms with E-state index in [2.05, 4.69) is 14.9 Å². The summed E-state index contributed by atoms with van der Waals surface area (Å²) in [5, 5.41) is 6.85. The van der Waals surface area contributed by atoms with E-state index in [1.54, 1.807) is 19.1 Å². The predicted molar refractivity (Wildman–Crippen MR) is 84.4 cm³/mol. The van der Waals surface area contributed by atoms with E-state index in [1.165, 1.54) is 12.1 Å². The van der Waals surface area contributed by atoms with Gasteiger partial charge in [0.15, 0.2) is 0 Å². The molecular weight excluding hydrogens is 303 g/mol. The zero-order valence-corrected chi connectivity index (χ0v) is 13.7. The van der Waals surface area contributed by atoms with Crippen LogP contribution in [0.5, 0.6) is 0 Å². The van der Waals surface area contributed by atoms with Crippen LogP contribution in [0.1, 0.15) is 33.4 Å². The molecule has 0 aliphatic carbocycles. The van der Waals surface area contributed by atoms with Crippen molar-refractivity contribution in [3.63, 3.8) is 0 Å². The molecule has 0 saturated carbocycles. The second kappa shape index (κ2) is 7.42. The highest BCUT2D eigenvalue weighted by Crippen LogP contribution is 2.19. The number of hydrogen-bond acceptors (Lipinski definition) is 5. The van der Waals surface area contributed by atoms with Crippen molar-refractivity contribution in [1.82, 2.24) is 19.8 Å². The molecule has 7 heteroatoms. The fourth-order valence-electron chi connectivity index (χ4n) is 2.07. The first-order valence-electron chi connectivity index (χ1n) is 6.97. The van der Waals surface area contributed by atoms with Crippen molar-refractivity contribution in [2.24, 2.45) is 0 Å². The lowest BCUT2D eigenvalue weighted by molar-refractivity contribution is 0.0936. The average molecular weight is 322 g/mol. The van der Waals surface area contributed by atoms with Crippen LogP contribution in [0.2, 0.25) is 0 Å². The lowest BCUT2D eigenvalue weighted by atomic mass is 10.0. The Morgan fingerprint density at radius 2 is 2.05 bits per heavy atom. The second-order valence-electron chi connectivity index (χ2n) is 5.36. The molecule has 1 N–H and O–H groups in total. The van der Waals surface area contributed by atoms with E-state index in [0.717, 1.165) is 30.1 Å². The SMILES string of the molecule is Cc1nnsc1C(=O)NC(CCN(C)C)c1ccc(F)cc1. The van der Waals surface area contributed by atoms with Gasteiger partial charge >= 0.3 is 0 Å². The van der Waals surface area contributed by atoms with Gasteiger partial charge < -0.3 is 10.2 Å². The van der Waals surface area contributed by atoms with E-state index in [-0.39, 0.29) is 17.8 Å².